The van der Waals surface area contributed by atoms with Crippen LogP contribution in [0.25, 0.3) is 10.9 Å². The number of hydrogen-bond acceptors (Lipinski definition) is 4. The summed E-state index contributed by atoms with van der Waals surface area (Å²) in [6, 6.07) is 9.69. The number of hydrogen-bond donors (Lipinski definition) is 1. The molecule has 110 valence electrons. The molecule has 5 heteroatoms. The van der Waals surface area contributed by atoms with Gasteiger partial charge < -0.3 is 14.7 Å². The highest BCUT2D eigenvalue weighted by Gasteiger charge is 2.21. The summed E-state index contributed by atoms with van der Waals surface area (Å²) in [5, 5.41) is 10.2. The van der Waals surface area contributed by atoms with Crippen molar-refractivity contribution < 1.29 is 14.6 Å². The molecule has 1 aromatic carbocycles. The number of nitrogens with zero attached hydrogens (tertiary/aromatic N) is 2. The molecule has 0 aliphatic carbocycles. The van der Waals surface area contributed by atoms with Crippen molar-refractivity contribution in [3.8, 4) is 0 Å². The van der Waals surface area contributed by atoms with Gasteiger partial charge >= 0.3 is 5.97 Å². The molecule has 0 unspecified atom stereocenters. The molecule has 0 radical (unpaired) electrons. The quantitative estimate of drug-likeness (QED) is 0.939. The van der Waals surface area contributed by atoms with Gasteiger partial charge in [-0.15, -0.1) is 0 Å². The van der Waals surface area contributed by atoms with Gasteiger partial charge in [0, 0.05) is 37.4 Å². The van der Waals surface area contributed by atoms with Gasteiger partial charge in [-0.05, 0) is 25.0 Å². The molecule has 0 spiro atoms. The summed E-state index contributed by atoms with van der Waals surface area (Å²) in [5.41, 5.74) is 1.72. The second kappa shape index (κ2) is 5.69. The Balaban J connectivity index is 2.08. The molecule has 1 aromatic heterocycles. The van der Waals surface area contributed by atoms with Crippen molar-refractivity contribution in [1.29, 1.82) is 0 Å². The van der Waals surface area contributed by atoms with Gasteiger partial charge in [0.05, 0.1) is 5.52 Å². The summed E-state index contributed by atoms with van der Waals surface area (Å²) in [6.07, 6.45) is 1.91. The molecule has 0 saturated carbocycles. The fourth-order valence-electron chi connectivity index (χ4n) is 2.83. The highest BCUT2D eigenvalue weighted by atomic mass is 16.5. The second-order valence-corrected chi connectivity index (χ2v) is 5.30. The van der Waals surface area contributed by atoms with E-state index in [9.17, 15) is 9.90 Å². The average Bonchev–Trinajstić information content (AvgIpc) is 2.54. The fourth-order valence-corrected chi connectivity index (χ4v) is 2.83. The lowest BCUT2D eigenvalue weighted by molar-refractivity contribution is 0.0690. The minimum absolute atomic E-state index is 0.0857. The van der Waals surface area contributed by atoms with E-state index in [0.29, 0.717) is 11.6 Å². The third-order valence-electron chi connectivity index (χ3n) is 4.03. The van der Waals surface area contributed by atoms with Gasteiger partial charge in [0.25, 0.3) is 0 Å². The molecule has 0 amide bonds. The number of carboxylic acids is 1. The van der Waals surface area contributed by atoms with E-state index in [2.05, 4.69) is 9.88 Å². The Labute approximate surface area is 123 Å². The molecule has 5 nitrogen and oxygen atoms in total. The lowest BCUT2D eigenvalue weighted by atomic mass is 10.0. The summed E-state index contributed by atoms with van der Waals surface area (Å²) < 4.78 is 5.40. The predicted octanol–water partition coefficient (Wildman–Crippen LogP) is 2.55. The molecule has 1 aliphatic rings. The van der Waals surface area contributed by atoms with E-state index in [1.807, 2.05) is 31.3 Å². The van der Waals surface area contributed by atoms with Crippen LogP contribution in [0, 0.1) is 0 Å². The standard InChI is InChI=1S/C16H18N2O3/c1-18(11-6-8-21-9-7-11)15-10-14(16(19)20)17-13-5-3-2-4-12(13)15/h2-5,10-11H,6-9H2,1H3,(H,19,20). The summed E-state index contributed by atoms with van der Waals surface area (Å²) in [7, 11) is 2.02. The van der Waals surface area contributed by atoms with Crippen LogP contribution < -0.4 is 4.90 Å². The maximum Gasteiger partial charge on any atom is 0.354 e. The number of pyridine rings is 1. The Hall–Kier alpha value is -2.14. The van der Waals surface area contributed by atoms with Crippen LogP contribution in [0.2, 0.25) is 0 Å². The Kier molecular flexibility index (Phi) is 3.75. The molecular formula is C16H18N2O3. The topological polar surface area (TPSA) is 62.7 Å². The molecule has 1 aliphatic heterocycles. The van der Waals surface area contributed by atoms with Crippen molar-refractivity contribution in [1.82, 2.24) is 4.98 Å². The normalized spacial score (nSPS) is 16.0. The fraction of sp³-hybridized carbons (Fsp3) is 0.375. The molecular weight excluding hydrogens is 268 g/mol. The van der Waals surface area contributed by atoms with Gasteiger partial charge in [0.15, 0.2) is 5.69 Å². The van der Waals surface area contributed by atoms with E-state index in [1.54, 1.807) is 6.07 Å². The van der Waals surface area contributed by atoms with Gasteiger partial charge in [-0.3, -0.25) is 0 Å². The van der Waals surface area contributed by atoms with Crippen LogP contribution in [0.3, 0.4) is 0 Å². The summed E-state index contributed by atoms with van der Waals surface area (Å²) in [4.78, 5) is 17.7. The molecule has 2 heterocycles. The molecule has 0 atom stereocenters. The number of para-hydroxylation sites is 1. The van der Waals surface area contributed by atoms with E-state index in [-0.39, 0.29) is 5.69 Å². The first-order chi connectivity index (χ1) is 10.2. The Morgan fingerprint density at radius 2 is 2.05 bits per heavy atom. The Morgan fingerprint density at radius 1 is 1.33 bits per heavy atom. The number of anilines is 1. The van der Waals surface area contributed by atoms with E-state index < -0.39 is 5.97 Å². The van der Waals surface area contributed by atoms with Gasteiger partial charge in [-0.25, -0.2) is 9.78 Å². The second-order valence-electron chi connectivity index (χ2n) is 5.30. The number of carbonyl (C=O) groups is 1. The van der Waals surface area contributed by atoms with Gasteiger partial charge in [0.1, 0.15) is 0 Å². The number of aromatic carboxylic acids is 1. The van der Waals surface area contributed by atoms with Crippen LogP contribution in [0.1, 0.15) is 23.3 Å². The number of rotatable bonds is 3. The number of carboxylic acid groups (broad SMARTS) is 1. The van der Waals surface area contributed by atoms with Crippen LogP contribution in [-0.2, 0) is 4.74 Å². The highest BCUT2D eigenvalue weighted by Crippen LogP contribution is 2.29. The first kappa shape index (κ1) is 13.8. The third-order valence-corrected chi connectivity index (χ3v) is 4.03. The Bertz CT molecular complexity index is 666. The van der Waals surface area contributed by atoms with Crippen molar-refractivity contribution >= 4 is 22.6 Å². The zero-order valence-corrected chi connectivity index (χ0v) is 12.0. The van der Waals surface area contributed by atoms with Crippen LogP contribution in [0.5, 0.6) is 0 Å². The summed E-state index contributed by atoms with van der Waals surface area (Å²) in [6.45, 7) is 1.51. The van der Waals surface area contributed by atoms with Crippen molar-refractivity contribution in [2.24, 2.45) is 0 Å². The molecule has 1 N–H and O–H groups in total. The molecule has 2 aromatic rings. The number of ether oxygens (including phenoxy) is 1. The van der Waals surface area contributed by atoms with Crippen molar-refractivity contribution in [3.05, 3.63) is 36.0 Å². The highest BCUT2D eigenvalue weighted by molar-refractivity contribution is 5.97. The lowest BCUT2D eigenvalue weighted by Gasteiger charge is -2.33. The number of aromatic nitrogens is 1. The lowest BCUT2D eigenvalue weighted by Crippen LogP contribution is -2.36. The number of benzene rings is 1. The maximum atomic E-state index is 11.3. The minimum atomic E-state index is -0.998. The van der Waals surface area contributed by atoms with Crippen molar-refractivity contribution in [2.45, 2.75) is 18.9 Å². The van der Waals surface area contributed by atoms with Crippen molar-refractivity contribution in [2.75, 3.05) is 25.2 Å². The van der Waals surface area contributed by atoms with Crippen LogP contribution in [0.4, 0.5) is 5.69 Å². The Morgan fingerprint density at radius 3 is 2.76 bits per heavy atom. The first-order valence-corrected chi connectivity index (χ1v) is 7.10. The molecule has 21 heavy (non-hydrogen) atoms. The zero-order chi connectivity index (χ0) is 14.8. The third kappa shape index (κ3) is 2.69. The van der Waals surface area contributed by atoms with E-state index in [0.717, 1.165) is 37.1 Å². The van der Waals surface area contributed by atoms with Crippen LogP contribution in [-0.4, -0.2) is 42.4 Å². The largest absolute Gasteiger partial charge is 0.477 e. The van der Waals surface area contributed by atoms with E-state index in [1.165, 1.54) is 0 Å². The predicted molar refractivity (Wildman–Crippen MR) is 80.9 cm³/mol. The smallest absolute Gasteiger partial charge is 0.354 e. The van der Waals surface area contributed by atoms with Crippen LogP contribution >= 0.6 is 0 Å². The minimum Gasteiger partial charge on any atom is -0.477 e. The van der Waals surface area contributed by atoms with Gasteiger partial charge in [0.2, 0.25) is 0 Å². The average molecular weight is 286 g/mol. The van der Waals surface area contributed by atoms with Gasteiger partial charge in [-0.1, -0.05) is 18.2 Å². The van der Waals surface area contributed by atoms with Gasteiger partial charge in [-0.2, -0.15) is 0 Å². The number of fused-ring (bicyclic) bond motifs is 1. The maximum absolute atomic E-state index is 11.3. The monoisotopic (exact) mass is 286 g/mol. The summed E-state index contributed by atoms with van der Waals surface area (Å²) in [5.74, 6) is -0.998. The SMILES string of the molecule is CN(c1cc(C(=O)O)nc2ccccc12)C1CCOCC1. The first-order valence-electron chi connectivity index (χ1n) is 7.10. The molecule has 1 saturated heterocycles. The zero-order valence-electron chi connectivity index (χ0n) is 12.0. The van der Waals surface area contributed by atoms with E-state index >= 15 is 0 Å². The van der Waals surface area contributed by atoms with E-state index in [4.69, 9.17) is 4.74 Å². The van der Waals surface area contributed by atoms with Crippen molar-refractivity contribution in [3.63, 3.8) is 0 Å². The molecule has 3 rings (SSSR count). The molecule has 0 bridgehead atoms. The summed E-state index contributed by atoms with van der Waals surface area (Å²) >= 11 is 0. The van der Waals surface area contributed by atoms with Crippen LogP contribution in [0.15, 0.2) is 30.3 Å². The molecule has 1 fully saturated rings.